The molecule has 0 bridgehead atoms. The first kappa shape index (κ1) is 23.7. The highest BCUT2D eigenvalue weighted by atomic mass is 35.5. The third kappa shape index (κ3) is 6.07. The molecule has 0 aliphatic carbocycles. The molecule has 6 nitrogen and oxygen atoms in total. The van der Waals surface area contributed by atoms with Gasteiger partial charge in [0.15, 0.2) is 17.1 Å². The number of carbonyl (C=O) groups is 1. The number of anilines is 1. The summed E-state index contributed by atoms with van der Waals surface area (Å²) < 4.78 is 7.93. The van der Waals surface area contributed by atoms with E-state index in [9.17, 15) is 4.79 Å². The highest BCUT2D eigenvalue weighted by molar-refractivity contribution is 7.99. The van der Waals surface area contributed by atoms with Crippen molar-refractivity contribution in [3.8, 4) is 5.75 Å². The summed E-state index contributed by atoms with van der Waals surface area (Å²) in [4.78, 5) is 12.4. The number of rotatable bonds is 8. The van der Waals surface area contributed by atoms with E-state index in [2.05, 4.69) is 15.5 Å². The Hall–Kier alpha value is -1.93. The smallest absolute Gasteiger partial charge is 0.234 e. The van der Waals surface area contributed by atoms with Gasteiger partial charge in [-0.2, -0.15) is 0 Å². The molecule has 0 aliphatic rings. The Labute approximate surface area is 200 Å². The van der Waals surface area contributed by atoms with Gasteiger partial charge in [0.2, 0.25) is 5.91 Å². The number of nitrogens with zero attached hydrogens (tertiary/aromatic N) is 3. The largest absolute Gasteiger partial charge is 0.483 e. The van der Waals surface area contributed by atoms with Crippen LogP contribution in [0.1, 0.15) is 31.3 Å². The van der Waals surface area contributed by atoms with Crippen molar-refractivity contribution in [1.29, 1.82) is 0 Å². The number of hydrogen-bond donors (Lipinski definition) is 1. The molecule has 164 valence electrons. The Morgan fingerprint density at radius 3 is 2.48 bits per heavy atom. The molecule has 0 saturated heterocycles. The SMILES string of the molecule is CCn1c(SCC(=O)Nc2cc(Cl)c(Cl)cc2Cl)nnc1C(C)Oc1ccc(C)cc1. The summed E-state index contributed by atoms with van der Waals surface area (Å²) >= 11 is 19.3. The van der Waals surface area contributed by atoms with Gasteiger partial charge in [-0.25, -0.2) is 0 Å². The van der Waals surface area contributed by atoms with Gasteiger partial charge >= 0.3 is 0 Å². The van der Waals surface area contributed by atoms with Crippen LogP contribution in [0.2, 0.25) is 15.1 Å². The second kappa shape index (κ2) is 10.6. The maximum absolute atomic E-state index is 12.4. The molecule has 2 aromatic carbocycles. The van der Waals surface area contributed by atoms with E-state index in [-0.39, 0.29) is 17.8 Å². The lowest BCUT2D eigenvalue weighted by Crippen LogP contribution is -2.15. The molecule has 0 fully saturated rings. The summed E-state index contributed by atoms with van der Waals surface area (Å²) in [6.07, 6.45) is -0.298. The average molecular weight is 500 g/mol. The first-order valence-corrected chi connectivity index (χ1v) is 11.6. The van der Waals surface area contributed by atoms with E-state index in [1.165, 1.54) is 23.9 Å². The molecule has 3 rings (SSSR count). The summed E-state index contributed by atoms with van der Waals surface area (Å²) in [6, 6.07) is 10.8. The molecule has 0 aliphatic heterocycles. The Balaban J connectivity index is 1.64. The minimum atomic E-state index is -0.298. The molecule has 0 saturated carbocycles. The van der Waals surface area contributed by atoms with Crippen molar-refractivity contribution in [3.05, 3.63) is 62.9 Å². The van der Waals surface area contributed by atoms with E-state index in [4.69, 9.17) is 39.5 Å². The Morgan fingerprint density at radius 1 is 1.13 bits per heavy atom. The Morgan fingerprint density at radius 2 is 1.81 bits per heavy atom. The van der Waals surface area contributed by atoms with Gasteiger partial charge in [0.1, 0.15) is 5.75 Å². The zero-order valence-electron chi connectivity index (χ0n) is 17.2. The maximum atomic E-state index is 12.4. The fourth-order valence-corrected chi connectivity index (χ4v) is 4.22. The van der Waals surface area contributed by atoms with Crippen LogP contribution in [0.25, 0.3) is 0 Å². The third-order valence-electron chi connectivity index (χ3n) is 4.38. The molecule has 0 spiro atoms. The number of amides is 1. The van der Waals surface area contributed by atoms with Gasteiger partial charge in [0, 0.05) is 6.54 Å². The quantitative estimate of drug-likeness (QED) is 0.285. The first-order valence-electron chi connectivity index (χ1n) is 9.52. The van der Waals surface area contributed by atoms with Gasteiger partial charge in [0.05, 0.1) is 26.5 Å². The van der Waals surface area contributed by atoms with E-state index >= 15 is 0 Å². The summed E-state index contributed by atoms with van der Waals surface area (Å²) in [6.45, 7) is 6.58. The fourth-order valence-electron chi connectivity index (χ4n) is 2.81. The number of ether oxygens (including phenoxy) is 1. The van der Waals surface area contributed by atoms with E-state index in [0.717, 1.165) is 11.3 Å². The van der Waals surface area contributed by atoms with Crippen LogP contribution < -0.4 is 10.1 Å². The van der Waals surface area contributed by atoms with Crippen molar-refractivity contribution in [2.75, 3.05) is 11.1 Å². The highest BCUT2D eigenvalue weighted by Crippen LogP contribution is 2.32. The van der Waals surface area contributed by atoms with Gasteiger partial charge < -0.3 is 14.6 Å². The molecule has 1 unspecified atom stereocenters. The van der Waals surface area contributed by atoms with Crippen LogP contribution in [0, 0.1) is 6.92 Å². The van der Waals surface area contributed by atoms with Crippen molar-refractivity contribution in [3.63, 3.8) is 0 Å². The molecule has 1 atom stereocenters. The predicted octanol–water partition coefficient (Wildman–Crippen LogP) is 6.44. The van der Waals surface area contributed by atoms with Crippen LogP contribution in [-0.4, -0.2) is 26.4 Å². The number of aromatic nitrogens is 3. The van der Waals surface area contributed by atoms with E-state index in [0.29, 0.717) is 38.3 Å². The van der Waals surface area contributed by atoms with Gasteiger partial charge in [-0.3, -0.25) is 4.79 Å². The Kier molecular flexibility index (Phi) is 8.11. The summed E-state index contributed by atoms with van der Waals surface area (Å²) in [5.41, 5.74) is 1.57. The standard InChI is InChI=1S/C21H21Cl3N4O2S/c1-4-28-20(13(3)30-14-7-5-12(2)6-8-14)26-27-21(28)31-11-19(29)25-18-10-16(23)15(22)9-17(18)24/h5-10,13H,4,11H2,1-3H3,(H,25,29). The number of thioether (sulfide) groups is 1. The molecule has 1 aromatic heterocycles. The molecule has 3 aromatic rings. The second-order valence-electron chi connectivity index (χ2n) is 6.74. The summed E-state index contributed by atoms with van der Waals surface area (Å²) in [7, 11) is 0. The summed E-state index contributed by atoms with van der Waals surface area (Å²) in [5.74, 6) is 1.33. The lowest BCUT2D eigenvalue weighted by molar-refractivity contribution is -0.113. The van der Waals surface area contributed by atoms with Crippen LogP contribution in [0.5, 0.6) is 5.75 Å². The molecule has 1 amide bonds. The lowest BCUT2D eigenvalue weighted by Gasteiger charge is -2.15. The van der Waals surface area contributed by atoms with Crippen molar-refractivity contribution in [2.45, 2.75) is 38.6 Å². The predicted molar refractivity (Wildman–Crippen MR) is 127 cm³/mol. The number of nitrogens with one attached hydrogen (secondary N) is 1. The van der Waals surface area contributed by atoms with Crippen LogP contribution in [-0.2, 0) is 11.3 Å². The van der Waals surface area contributed by atoms with Crippen LogP contribution in [0.4, 0.5) is 5.69 Å². The number of aryl methyl sites for hydroxylation is 1. The average Bonchev–Trinajstić information content (AvgIpc) is 3.15. The number of hydrogen-bond acceptors (Lipinski definition) is 5. The normalized spacial score (nSPS) is 11.9. The summed E-state index contributed by atoms with van der Waals surface area (Å²) in [5, 5.41) is 12.8. The van der Waals surface area contributed by atoms with Crippen LogP contribution in [0.3, 0.4) is 0 Å². The van der Waals surface area contributed by atoms with Crippen molar-refractivity contribution in [1.82, 2.24) is 14.8 Å². The fraction of sp³-hybridized carbons (Fsp3) is 0.286. The zero-order chi connectivity index (χ0) is 22.5. The molecule has 10 heteroatoms. The van der Waals surface area contributed by atoms with Gasteiger partial charge in [-0.15, -0.1) is 10.2 Å². The Bertz CT molecular complexity index is 1070. The molecule has 1 heterocycles. The van der Waals surface area contributed by atoms with E-state index in [1.807, 2.05) is 49.6 Å². The van der Waals surface area contributed by atoms with Crippen molar-refractivity contribution in [2.24, 2.45) is 0 Å². The van der Waals surface area contributed by atoms with Gasteiger partial charge in [0.25, 0.3) is 0 Å². The zero-order valence-corrected chi connectivity index (χ0v) is 20.2. The van der Waals surface area contributed by atoms with Crippen molar-refractivity contribution >= 4 is 58.2 Å². The first-order chi connectivity index (χ1) is 14.8. The van der Waals surface area contributed by atoms with Gasteiger partial charge in [-0.1, -0.05) is 64.3 Å². The van der Waals surface area contributed by atoms with E-state index < -0.39 is 0 Å². The molecule has 31 heavy (non-hydrogen) atoms. The molecular weight excluding hydrogens is 479 g/mol. The van der Waals surface area contributed by atoms with Crippen LogP contribution >= 0.6 is 46.6 Å². The van der Waals surface area contributed by atoms with Crippen molar-refractivity contribution < 1.29 is 9.53 Å². The molecule has 1 N–H and O–H groups in total. The maximum Gasteiger partial charge on any atom is 0.234 e. The third-order valence-corrected chi connectivity index (χ3v) is 6.38. The second-order valence-corrected chi connectivity index (χ2v) is 8.91. The topological polar surface area (TPSA) is 69.0 Å². The minimum Gasteiger partial charge on any atom is -0.483 e. The monoisotopic (exact) mass is 498 g/mol. The number of halogens is 3. The minimum absolute atomic E-state index is 0.127. The highest BCUT2D eigenvalue weighted by Gasteiger charge is 2.20. The lowest BCUT2D eigenvalue weighted by atomic mass is 10.2. The number of carbonyl (C=O) groups excluding carboxylic acids is 1. The number of benzene rings is 2. The van der Waals surface area contributed by atoms with Crippen LogP contribution in [0.15, 0.2) is 41.6 Å². The van der Waals surface area contributed by atoms with E-state index in [1.54, 1.807) is 0 Å². The molecule has 0 radical (unpaired) electrons. The van der Waals surface area contributed by atoms with Gasteiger partial charge in [-0.05, 0) is 45.0 Å². The molecular formula is C21H21Cl3N4O2S.